The van der Waals surface area contributed by atoms with Crippen LogP contribution in [-0.4, -0.2) is 22.3 Å². The third kappa shape index (κ3) is 3.32. The first-order valence-corrected chi connectivity index (χ1v) is 8.22. The average molecular weight is 323 g/mol. The van der Waals surface area contributed by atoms with Gasteiger partial charge in [0.05, 0.1) is 0 Å². The lowest BCUT2D eigenvalue weighted by molar-refractivity contribution is -0.143. The lowest BCUT2D eigenvalue weighted by atomic mass is 9.94. The standard InChI is InChI=1S/C20H21NO3/c1-2-20(19(22)23)13-12-18(21-20)16-8-10-17(11-9-16)24-14-15-6-4-3-5-7-15/h3-11H,2,12-14H2,1H3,(H,22,23)/t20-/m1/s1. The van der Waals surface area contributed by atoms with Crippen molar-refractivity contribution < 1.29 is 14.6 Å². The summed E-state index contributed by atoms with van der Waals surface area (Å²) >= 11 is 0. The van der Waals surface area contributed by atoms with E-state index in [-0.39, 0.29) is 0 Å². The minimum atomic E-state index is -0.947. The van der Waals surface area contributed by atoms with Crippen LogP contribution < -0.4 is 4.74 Å². The highest BCUT2D eigenvalue weighted by Crippen LogP contribution is 2.32. The maximum atomic E-state index is 11.5. The Morgan fingerprint density at radius 3 is 2.46 bits per heavy atom. The zero-order chi connectivity index (χ0) is 17.0. The number of carbonyl (C=O) groups is 1. The van der Waals surface area contributed by atoms with Gasteiger partial charge in [-0.25, -0.2) is 4.79 Å². The zero-order valence-corrected chi connectivity index (χ0v) is 13.7. The van der Waals surface area contributed by atoms with Crippen molar-refractivity contribution in [2.24, 2.45) is 4.99 Å². The predicted molar refractivity (Wildman–Crippen MR) is 93.6 cm³/mol. The van der Waals surface area contributed by atoms with Gasteiger partial charge in [0.2, 0.25) is 0 Å². The molecule has 0 unspecified atom stereocenters. The first-order chi connectivity index (χ1) is 11.6. The molecule has 0 aromatic heterocycles. The molecule has 0 saturated heterocycles. The molecule has 0 spiro atoms. The summed E-state index contributed by atoms with van der Waals surface area (Å²) in [4.78, 5) is 16.0. The van der Waals surface area contributed by atoms with E-state index in [1.165, 1.54) is 0 Å². The van der Waals surface area contributed by atoms with Gasteiger partial charge in [-0.05, 0) is 54.7 Å². The number of hydrogen-bond donors (Lipinski definition) is 1. The van der Waals surface area contributed by atoms with Crippen molar-refractivity contribution in [1.82, 2.24) is 0 Å². The van der Waals surface area contributed by atoms with Crippen LogP contribution in [0.5, 0.6) is 5.75 Å². The third-order valence-corrected chi connectivity index (χ3v) is 4.54. The Morgan fingerprint density at radius 1 is 1.17 bits per heavy atom. The molecule has 2 aromatic carbocycles. The topological polar surface area (TPSA) is 58.9 Å². The summed E-state index contributed by atoms with van der Waals surface area (Å²) in [5.74, 6) is -0.0380. The fourth-order valence-electron chi connectivity index (χ4n) is 2.95. The maximum Gasteiger partial charge on any atom is 0.331 e. The van der Waals surface area contributed by atoms with Gasteiger partial charge in [-0.3, -0.25) is 4.99 Å². The smallest absolute Gasteiger partial charge is 0.331 e. The van der Waals surface area contributed by atoms with Crippen molar-refractivity contribution in [2.75, 3.05) is 0 Å². The molecule has 0 radical (unpaired) electrons. The van der Waals surface area contributed by atoms with Gasteiger partial charge in [0.25, 0.3) is 0 Å². The molecule has 4 nitrogen and oxygen atoms in total. The Hall–Kier alpha value is -2.62. The molecule has 0 amide bonds. The van der Waals surface area contributed by atoms with Crippen LogP contribution >= 0.6 is 0 Å². The highest BCUT2D eigenvalue weighted by atomic mass is 16.5. The van der Waals surface area contributed by atoms with E-state index in [9.17, 15) is 9.90 Å². The summed E-state index contributed by atoms with van der Waals surface area (Å²) < 4.78 is 5.78. The molecule has 4 heteroatoms. The second-order valence-corrected chi connectivity index (χ2v) is 6.05. The van der Waals surface area contributed by atoms with E-state index in [2.05, 4.69) is 4.99 Å². The monoisotopic (exact) mass is 323 g/mol. The molecule has 24 heavy (non-hydrogen) atoms. The molecule has 1 aliphatic heterocycles. The van der Waals surface area contributed by atoms with E-state index in [4.69, 9.17) is 4.74 Å². The van der Waals surface area contributed by atoms with Crippen LogP contribution in [0, 0.1) is 0 Å². The summed E-state index contributed by atoms with van der Waals surface area (Å²) in [5, 5.41) is 9.42. The predicted octanol–water partition coefficient (Wildman–Crippen LogP) is 4.08. The van der Waals surface area contributed by atoms with Gasteiger partial charge in [-0.15, -0.1) is 0 Å². The summed E-state index contributed by atoms with van der Waals surface area (Å²) in [6.07, 6.45) is 1.79. The number of rotatable bonds is 6. The lowest BCUT2D eigenvalue weighted by Gasteiger charge is -2.17. The fraction of sp³-hybridized carbons (Fsp3) is 0.300. The molecular weight excluding hydrogens is 302 g/mol. The minimum Gasteiger partial charge on any atom is -0.489 e. The van der Waals surface area contributed by atoms with Crippen molar-refractivity contribution in [3.63, 3.8) is 0 Å². The number of ether oxygens (including phenoxy) is 1. The van der Waals surface area contributed by atoms with E-state index in [0.29, 0.717) is 25.9 Å². The molecule has 0 saturated carbocycles. The number of carboxylic acids is 1. The number of hydrogen-bond acceptors (Lipinski definition) is 3. The van der Waals surface area contributed by atoms with Gasteiger partial charge < -0.3 is 9.84 Å². The van der Waals surface area contributed by atoms with E-state index in [1.54, 1.807) is 0 Å². The van der Waals surface area contributed by atoms with Crippen molar-refractivity contribution in [3.8, 4) is 5.75 Å². The van der Waals surface area contributed by atoms with Gasteiger partial charge in [-0.1, -0.05) is 37.3 Å². The van der Waals surface area contributed by atoms with Gasteiger partial charge in [0.15, 0.2) is 5.54 Å². The van der Waals surface area contributed by atoms with E-state index in [1.807, 2.05) is 61.5 Å². The summed E-state index contributed by atoms with van der Waals surface area (Å²) in [7, 11) is 0. The molecule has 3 rings (SSSR count). The summed E-state index contributed by atoms with van der Waals surface area (Å²) in [5.41, 5.74) is 2.01. The van der Waals surface area contributed by atoms with Gasteiger partial charge in [-0.2, -0.15) is 0 Å². The second-order valence-electron chi connectivity index (χ2n) is 6.05. The highest BCUT2D eigenvalue weighted by molar-refractivity contribution is 6.04. The Labute approximate surface area is 141 Å². The number of aliphatic carboxylic acids is 1. The first-order valence-electron chi connectivity index (χ1n) is 8.22. The molecule has 1 heterocycles. The van der Waals surface area contributed by atoms with Crippen LogP contribution in [0.4, 0.5) is 0 Å². The second kappa shape index (κ2) is 6.87. The molecule has 0 aliphatic carbocycles. The number of nitrogens with zero attached hydrogens (tertiary/aromatic N) is 1. The van der Waals surface area contributed by atoms with Crippen LogP contribution in [0.1, 0.15) is 37.3 Å². The molecular formula is C20H21NO3. The molecule has 1 N–H and O–H groups in total. The Kier molecular flexibility index (Phi) is 4.65. The van der Waals surface area contributed by atoms with E-state index in [0.717, 1.165) is 22.6 Å². The lowest BCUT2D eigenvalue weighted by Crippen LogP contribution is -2.33. The van der Waals surface area contributed by atoms with E-state index < -0.39 is 11.5 Å². The summed E-state index contributed by atoms with van der Waals surface area (Å²) in [6, 6.07) is 17.7. The van der Waals surface area contributed by atoms with Crippen LogP contribution in [0.15, 0.2) is 59.6 Å². The Morgan fingerprint density at radius 2 is 1.88 bits per heavy atom. The maximum absolute atomic E-state index is 11.5. The van der Waals surface area contributed by atoms with Gasteiger partial charge in [0.1, 0.15) is 12.4 Å². The molecule has 0 fully saturated rings. The van der Waals surface area contributed by atoms with Crippen LogP contribution in [0.3, 0.4) is 0 Å². The van der Waals surface area contributed by atoms with Crippen LogP contribution in [0.25, 0.3) is 0 Å². The molecule has 124 valence electrons. The van der Waals surface area contributed by atoms with Crippen molar-refractivity contribution in [2.45, 2.75) is 38.3 Å². The fourth-order valence-corrected chi connectivity index (χ4v) is 2.95. The van der Waals surface area contributed by atoms with Crippen molar-refractivity contribution in [3.05, 3.63) is 65.7 Å². The third-order valence-electron chi connectivity index (χ3n) is 4.54. The van der Waals surface area contributed by atoms with Crippen LogP contribution in [-0.2, 0) is 11.4 Å². The average Bonchev–Trinajstić information content (AvgIpc) is 3.07. The molecule has 1 atom stereocenters. The Balaban J connectivity index is 1.69. The number of benzene rings is 2. The first kappa shape index (κ1) is 16.2. The summed E-state index contributed by atoms with van der Waals surface area (Å²) in [6.45, 7) is 2.40. The van der Waals surface area contributed by atoms with E-state index >= 15 is 0 Å². The zero-order valence-electron chi connectivity index (χ0n) is 13.7. The number of carboxylic acid groups (broad SMARTS) is 1. The highest BCUT2D eigenvalue weighted by Gasteiger charge is 2.40. The Bertz CT molecular complexity index is 737. The molecule has 1 aliphatic rings. The normalized spacial score (nSPS) is 19.8. The van der Waals surface area contributed by atoms with Gasteiger partial charge >= 0.3 is 5.97 Å². The largest absolute Gasteiger partial charge is 0.489 e. The van der Waals surface area contributed by atoms with Crippen LogP contribution in [0.2, 0.25) is 0 Å². The molecule has 2 aromatic rings. The molecule has 0 bridgehead atoms. The quantitative estimate of drug-likeness (QED) is 0.871. The SMILES string of the molecule is CC[C@]1(C(=O)O)CCC(c2ccc(OCc3ccccc3)cc2)=N1. The minimum absolute atomic E-state index is 0.518. The van der Waals surface area contributed by atoms with Crippen molar-refractivity contribution in [1.29, 1.82) is 0 Å². The van der Waals surface area contributed by atoms with Crippen molar-refractivity contribution >= 4 is 11.7 Å². The number of aliphatic imine (C=N–C) groups is 1. The van der Waals surface area contributed by atoms with Gasteiger partial charge in [0, 0.05) is 5.71 Å².